The number of nitrogens with one attached hydrogen (secondary N) is 1. The van der Waals surface area contributed by atoms with E-state index in [1.165, 1.54) is 0 Å². The van der Waals surface area contributed by atoms with Crippen molar-refractivity contribution in [3.63, 3.8) is 0 Å². The molecule has 1 N–H and O–H groups in total. The fourth-order valence-corrected chi connectivity index (χ4v) is 2.12. The maximum atomic E-state index is 4.47. The number of nitrogens with zero attached hydrogens (tertiary/aromatic N) is 4. The maximum Gasteiger partial charge on any atom is 0.138 e. The van der Waals surface area contributed by atoms with Crippen LogP contribution in [0.5, 0.6) is 0 Å². The lowest BCUT2D eigenvalue weighted by molar-refractivity contribution is 0.496. The lowest BCUT2D eigenvalue weighted by Gasteiger charge is -2.17. The van der Waals surface area contributed by atoms with E-state index in [2.05, 4.69) is 43.2 Å². The molecule has 5 nitrogen and oxygen atoms in total. The summed E-state index contributed by atoms with van der Waals surface area (Å²) in [4.78, 5) is 8.76. The first-order valence-electron chi connectivity index (χ1n) is 6.38. The average molecular weight is 324 g/mol. The van der Waals surface area contributed by atoms with Crippen LogP contribution < -0.4 is 5.32 Å². The second-order valence-corrected chi connectivity index (χ2v) is 5.33. The van der Waals surface area contributed by atoms with Crippen LogP contribution in [0.1, 0.15) is 30.9 Å². The molecule has 0 amide bonds. The van der Waals surface area contributed by atoms with Crippen molar-refractivity contribution in [3.05, 3.63) is 40.6 Å². The van der Waals surface area contributed by atoms with Crippen LogP contribution in [0.25, 0.3) is 0 Å². The molecule has 2 heterocycles. The molecule has 0 radical (unpaired) electrons. The number of halogens is 1. The van der Waals surface area contributed by atoms with Crippen LogP contribution >= 0.6 is 15.9 Å². The zero-order chi connectivity index (χ0) is 13.7. The van der Waals surface area contributed by atoms with Crippen LogP contribution in [0.3, 0.4) is 0 Å². The largest absolute Gasteiger partial charge is 0.308 e. The van der Waals surface area contributed by atoms with Gasteiger partial charge in [0, 0.05) is 24.1 Å². The smallest absolute Gasteiger partial charge is 0.138 e. The van der Waals surface area contributed by atoms with Gasteiger partial charge in [-0.3, -0.25) is 9.67 Å². The third-order valence-corrected chi connectivity index (χ3v) is 3.41. The van der Waals surface area contributed by atoms with E-state index in [1.807, 2.05) is 25.4 Å². The molecule has 2 rings (SSSR count). The van der Waals surface area contributed by atoms with E-state index < -0.39 is 0 Å². The van der Waals surface area contributed by atoms with E-state index in [1.54, 1.807) is 11.0 Å². The Balaban J connectivity index is 2.15. The molecule has 0 aliphatic carbocycles. The molecule has 2 aromatic rings. The summed E-state index contributed by atoms with van der Waals surface area (Å²) in [5, 5.41) is 7.62. The molecule has 0 saturated heterocycles. The van der Waals surface area contributed by atoms with Crippen molar-refractivity contribution in [1.29, 1.82) is 0 Å². The summed E-state index contributed by atoms with van der Waals surface area (Å²) in [6.45, 7) is 3.11. The molecule has 19 heavy (non-hydrogen) atoms. The van der Waals surface area contributed by atoms with Gasteiger partial charge in [0.1, 0.15) is 12.2 Å². The zero-order valence-corrected chi connectivity index (χ0v) is 12.8. The van der Waals surface area contributed by atoms with E-state index in [0.717, 1.165) is 35.4 Å². The Morgan fingerprint density at radius 2 is 2.21 bits per heavy atom. The molecule has 0 spiro atoms. The van der Waals surface area contributed by atoms with Crippen molar-refractivity contribution in [2.75, 3.05) is 6.54 Å². The van der Waals surface area contributed by atoms with Gasteiger partial charge in [0.25, 0.3) is 0 Å². The van der Waals surface area contributed by atoms with Gasteiger partial charge in [0.15, 0.2) is 0 Å². The van der Waals surface area contributed by atoms with Gasteiger partial charge in [-0.15, -0.1) is 0 Å². The van der Waals surface area contributed by atoms with E-state index in [-0.39, 0.29) is 6.04 Å². The summed E-state index contributed by atoms with van der Waals surface area (Å²) >= 11 is 3.41. The Kier molecular flexibility index (Phi) is 5.04. The molecule has 1 atom stereocenters. The van der Waals surface area contributed by atoms with Crippen LogP contribution in [0, 0.1) is 0 Å². The first-order valence-corrected chi connectivity index (χ1v) is 7.17. The first kappa shape index (κ1) is 14.1. The van der Waals surface area contributed by atoms with Gasteiger partial charge in [-0.1, -0.05) is 6.92 Å². The Morgan fingerprint density at radius 1 is 1.37 bits per heavy atom. The molecular weight excluding hydrogens is 306 g/mol. The Morgan fingerprint density at radius 3 is 2.79 bits per heavy atom. The Hall–Kier alpha value is -1.27. The highest BCUT2D eigenvalue weighted by Crippen LogP contribution is 2.17. The molecular formula is C13H18BrN5. The zero-order valence-electron chi connectivity index (χ0n) is 11.2. The number of hydrogen-bond donors (Lipinski definition) is 1. The Labute approximate surface area is 121 Å². The average Bonchev–Trinajstić information content (AvgIpc) is 2.81. The molecule has 0 aromatic carbocycles. The van der Waals surface area contributed by atoms with Gasteiger partial charge in [-0.2, -0.15) is 5.10 Å². The van der Waals surface area contributed by atoms with Gasteiger partial charge >= 0.3 is 0 Å². The third kappa shape index (κ3) is 3.84. The highest BCUT2D eigenvalue weighted by atomic mass is 79.9. The topological polar surface area (TPSA) is 55.6 Å². The summed E-state index contributed by atoms with van der Waals surface area (Å²) in [5.74, 6) is 0.957. The van der Waals surface area contributed by atoms with E-state index in [9.17, 15) is 0 Å². The molecule has 0 fully saturated rings. The van der Waals surface area contributed by atoms with Gasteiger partial charge < -0.3 is 5.32 Å². The quantitative estimate of drug-likeness (QED) is 0.885. The monoisotopic (exact) mass is 323 g/mol. The van der Waals surface area contributed by atoms with Crippen molar-refractivity contribution in [2.45, 2.75) is 25.8 Å². The summed E-state index contributed by atoms with van der Waals surface area (Å²) in [6, 6.07) is 4.21. The van der Waals surface area contributed by atoms with Gasteiger partial charge in [-0.05, 0) is 41.0 Å². The minimum absolute atomic E-state index is 0.163. The fourth-order valence-electron chi connectivity index (χ4n) is 1.88. The van der Waals surface area contributed by atoms with E-state index in [4.69, 9.17) is 0 Å². The Bertz CT molecular complexity index is 508. The lowest BCUT2D eigenvalue weighted by atomic mass is 10.1. The summed E-state index contributed by atoms with van der Waals surface area (Å²) < 4.78 is 2.79. The highest BCUT2D eigenvalue weighted by Gasteiger charge is 2.15. The van der Waals surface area contributed by atoms with E-state index >= 15 is 0 Å². The van der Waals surface area contributed by atoms with Crippen molar-refractivity contribution >= 4 is 15.9 Å². The molecule has 0 aliphatic heterocycles. The molecule has 0 saturated carbocycles. The van der Waals surface area contributed by atoms with E-state index in [0.29, 0.717) is 0 Å². The molecule has 0 aliphatic rings. The van der Waals surface area contributed by atoms with Crippen molar-refractivity contribution in [2.24, 2.45) is 7.05 Å². The molecule has 102 valence electrons. The third-order valence-electron chi connectivity index (χ3n) is 2.94. The molecule has 2 aromatic heterocycles. The van der Waals surface area contributed by atoms with Crippen LogP contribution in [0.2, 0.25) is 0 Å². The first-order chi connectivity index (χ1) is 9.20. The maximum absolute atomic E-state index is 4.47. The van der Waals surface area contributed by atoms with Crippen molar-refractivity contribution in [3.8, 4) is 0 Å². The summed E-state index contributed by atoms with van der Waals surface area (Å²) in [6.07, 6.45) is 5.28. The fraction of sp³-hybridized carbons (Fsp3) is 0.462. The molecule has 6 heteroatoms. The van der Waals surface area contributed by atoms with Gasteiger partial charge in [0.05, 0.1) is 11.7 Å². The van der Waals surface area contributed by atoms with Crippen LogP contribution in [-0.4, -0.2) is 26.3 Å². The predicted octanol–water partition coefficient (Wildman–Crippen LogP) is 2.26. The van der Waals surface area contributed by atoms with Crippen molar-refractivity contribution in [1.82, 2.24) is 25.1 Å². The molecule has 0 bridgehead atoms. The van der Waals surface area contributed by atoms with Gasteiger partial charge in [-0.25, -0.2) is 4.98 Å². The number of aryl methyl sites for hydroxylation is 1. The highest BCUT2D eigenvalue weighted by molar-refractivity contribution is 9.10. The SMILES string of the molecule is CCCNC(Cc1ncnn1C)c1ccc(Br)cn1. The minimum Gasteiger partial charge on any atom is -0.308 e. The number of rotatable bonds is 6. The summed E-state index contributed by atoms with van der Waals surface area (Å²) in [7, 11) is 1.91. The second kappa shape index (κ2) is 6.77. The minimum atomic E-state index is 0.163. The van der Waals surface area contributed by atoms with Crippen LogP contribution in [-0.2, 0) is 13.5 Å². The second-order valence-electron chi connectivity index (χ2n) is 4.41. The number of hydrogen-bond acceptors (Lipinski definition) is 4. The normalized spacial score (nSPS) is 12.6. The number of aromatic nitrogens is 4. The number of pyridine rings is 1. The van der Waals surface area contributed by atoms with Crippen LogP contribution in [0.4, 0.5) is 0 Å². The lowest BCUT2D eigenvalue weighted by Crippen LogP contribution is -2.26. The standard InChI is InChI=1S/C13H18BrN5/c1-3-6-15-12(7-13-17-9-18-19(13)2)11-5-4-10(14)8-16-11/h4-5,8-9,12,15H,3,6-7H2,1-2H3. The van der Waals surface area contributed by atoms with Crippen molar-refractivity contribution < 1.29 is 0 Å². The molecule has 1 unspecified atom stereocenters. The summed E-state index contributed by atoms with van der Waals surface area (Å²) in [5.41, 5.74) is 1.03. The van der Waals surface area contributed by atoms with Crippen LogP contribution in [0.15, 0.2) is 29.1 Å². The van der Waals surface area contributed by atoms with Gasteiger partial charge in [0.2, 0.25) is 0 Å². The predicted molar refractivity (Wildman–Crippen MR) is 77.7 cm³/mol.